The largest absolute Gasteiger partial charge is 0.496 e. The minimum atomic E-state index is -4.53. The van der Waals surface area contributed by atoms with Crippen LogP contribution in [-0.2, 0) is 26.7 Å². The van der Waals surface area contributed by atoms with E-state index in [0.29, 0.717) is 17.1 Å². The molecule has 9 nitrogen and oxygen atoms in total. The van der Waals surface area contributed by atoms with Gasteiger partial charge in [0, 0.05) is 11.1 Å². The van der Waals surface area contributed by atoms with Gasteiger partial charge in [-0.05, 0) is 43.3 Å². The number of rotatable bonds is 8. The molecule has 0 bridgehead atoms. The van der Waals surface area contributed by atoms with Crippen LogP contribution in [0.15, 0.2) is 76.5 Å². The monoisotopic (exact) mass is 490 g/mol. The number of aryl methyl sites for hydroxylation is 1. The Morgan fingerprint density at radius 1 is 0.939 bits per heavy atom. The Hall–Kier alpha value is -3.41. The normalized spacial score (nSPS) is 11.6. The number of hydrogen-bond donors (Lipinski definition) is 2. The first kappa shape index (κ1) is 24.2. The first-order valence-electron chi connectivity index (χ1n) is 9.56. The lowest BCUT2D eigenvalue weighted by Crippen LogP contribution is -2.32. The van der Waals surface area contributed by atoms with Crippen molar-refractivity contribution >= 4 is 26.0 Å². The van der Waals surface area contributed by atoms with Crippen molar-refractivity contribution in [2.45, 2.75) is 23.3 Å². The molecule has 174 valence electrons. The number of carbonyl (C=O) groups is 1. The standard InChI is InChI=1S/C22H22N2O7S2/c1-15-7-11-18(12-8-15)31-14-17-10-9-16(13-19(17)30-2)22(25)24-33(28,29)21-6-4-3-5-20(21)32(23,26)27/h3-13H,14H2,1-2H3,(H,24,25)(H2,23,26,27). The smallest absolute Gasteiger partial charge is 0.265 e. The number of nitrogens with one attached hydrogen (secondary N) is 1. The van der Waals surface area contributed by atoms with Crippen LogP contribution in [-0.4, -0.2) is 29.9 Å². The van der Waals surface area contributed by atoms with Gasteiger partial charge in [0.25, 0.3) is 15.9 Å². The van der Waals surface area contributed by atoms with Gasteiger partial charge in [-0.15, -0.1) is 0 Å². The van der Waals surface area contributed by atoms with Gasteiger partial charge in [-0.3, -0.25) is 4.79 Å². The van der Waals surface area contributed by atoms with E-state index in [4.69, 9.17) is 14.6 Å². The molecule has 0 unspecified atom stereocenters. The topological polar surface area (TPSA) is 142 Å². The molecule has 33 heavy (non-hydrogen) atoms. The molecule has 0 aromatic heterocycles. The number of carbonyl (C=O) groups excluding carboxylic acids is 1. The van der Waals surface area contributed by atoms with Gasteiger partial charge in [0.05, 0.1) is 7.11 Å². The van der Waals surface area contributed by atoms with Crippen LogP contribution in [0.4, 0.5) is 0 Å². The summed E-state index contributed by atoms with van der Waals surface area (Å²) in [6.45, 7) is 2.12. The van der Waals surface area contributed by atoms with E-state index >= 15 is 0 Å². The zero-order chi connectivity index (χ0) is 24.2. The fourth-order valence-electron chi connectivity index (χ4n) is 2.94. The van der Waals surface area contributed by atoms with E-state index in [2.05, 4.69) is 0 Å². The lowest BCUT2D eigenvalue weighted by molar-refractivity contribution is 0.0981. The maximum atomic E-state index is 12.7. The molecule has 3 aromatic rings. The molecule has 11 heteroatoms. The van der Waals surface area contributed by atoms with Crippen molar-refractivity contribution in [1.29, 1.82) is 0 Å². The van der Waals surface area contributed by atoms with Crippen LogP contribution in [0.25, 0.3) is 0 Å². The first-order valence-corrected chi connectivity index (χ1v) is 12.6. The summed E-state index contributed by atoms with van der Waals surface area (Å²) >= 11 is 0. The van der Waals surface area contributed by atoms with Crippen LogP contribution in [0.1, 0.15) is 21.5 Å². The molecule has 0 radical (unpaired) electrons. The Labute approximate surface area is 192 Å². The Balaban J connectivity index is 1.81. The fourth-order valence-corrected chi connectivity index (χ4v) is 5.30. The molecule has 0 spiro atoms. The number of ether oxygens (including phenoxy) is 2. The zero-order valence-corrected chi connectivity index (χ0v) is 19.4. The van der Waals surface area contributed by atoms with Gasteiger partial charge in [0.2, 0.25) is 10.0 Å². The number of benzene rings is 3. The van der Waals surface area contributed by atoms with Crippen LogP contribution in [0.3, 0.4) is 0 Å². The summed E-state index contributed by atoms with van der Waals surface area (Å²) in [5.74, 6) is 0.00436. The average Bonchev–Trinajstić information content (AvgIpc) is 2.77. The van der Waals surface area contributed by atoms with Crippen molar-refractivity contribution in [1.82, 2.24) is 4.72 Å². The van der Waals surface area contributed by atoms with Gasteiger partial charge >= 0.3 is 0 Å². The Morgan fingerprint density at radius 2 is 1.58 bits per heavy atom. The van der Waals surface area contributed by atoms with Crippen LogP contribution >= 0.6 is 0 Å². The molecule has 0 saturated heterocycles. The average molecular weight is 491 g/mol. The molecule has 3 aromatic carbocycles. The number of methoxy groups -OCH3 is 1. The molecule has 0 heterocycles. The summed E-state index contributed by atoms with van der Waals surface area (Å²) in [5.41, 5.74) is 1.72. The molecule has 0 saturated carbocycles. The van der Waals surface area contributed by atoms with Gasteiger partial charge in [0.1, 0.15) is 27.9 Å². The predicted molar refractivity (Wildman–Crippen MR) is 121 cm³/mol. The molecule has 0 aliphatic heterocycles. The molecule has 0 atom stereocenters. The zero-order valence-electron chi connectivity index (χ0n) is 17.8. The van der Waals surface area contributed by atoms with Crippen LogP contribution in [0.2, 0.25) is 0 Å². The minimum Gasteiger partial charge on any atom is -0.496 e. The van der Waals surface area contributed by atoms with E-state index in [9.17, 15) is 21.6 Å². The second-order valence-electron chi connectivity index (χ2n) is 7.05. The molecular formula is C22H22N2O7S2. The lowest BCUT2D eigenvalue weighted by atomic mass is 10.1. The maximum Gasteiger partial charge on any atom is 0.265 e. The van der Waals surface area contributed by atoms with Crippen LogP contribution in [0, 0.1) is 6.92 Å². The fraction of sp³-hybridized carbons (Fsp3) is 0.136. The van der Waals surface area contributed by atoms with E-state index in [1.807, 2.05) is 35.9 Å². The number of nitrogens with two attached hydrogens (primary N) is 1. The third kappa shape index (κ3) is 5.89. The summed E-state index contributed by atoms with van der Waals surface area (Å²) in [4.78, 5) is 11.4. The van der Waals surface area contributed by atoms with E-state index in [-0.39, 0.29) is 12.2 Å². The number of amides is 1. The van der Waals surface area contributed by atoms with E-state index in [0.717, 1.165) is 17.7 Å². The summed E-state index contributed by atoms with van der Waals surface area (Å²) in [6, 6.07) is 16.6. The highest BCUT2D eigenvalue weighted by Gasteiger charge is 2.26. The number of primary sulfonamides is 1. The van der Waals surface area contributed by atoms with Gasteiger partial charge in [0.15, 0.2) is 0 Å². The van der Waals surface area contributed by atoms with Crippen molar-refractivity contribution in [2.24, 2.45) is 5.14 Å². The third-order valence-corrected chi connectivity index (χ3v) is 7.12. The molecule has 0 fully saturated rings. The second kappa shape index (κ2) is 9.61. The summed E-state index contributed by atoms with van der Waals surface area (Å²) in [6.07, 6.45) is 0. The minimum absolute atomic E-state index is 0.0115. The van der Waals surface area contributed by atoms with Gasteiger partial charge < -0.3 is 9.47 Å². The van der Waals surface area contributed by atoms with Crippen molar-refractivity contribution in [3.05, 3.63) is 83.4 Å². The number of sulfonamides is 2. The predicted octanol–water partition coefficient (Wildman–Crippen LogP) is 2.35. The van der Waals surface area contributed by atoms with Gasteiger partial charge in [-0.25, -0.2) is 26.7 Å². The summed E-state index contributed by atoms with van der Waals surface area (Å²) in [7, 11) is -7.45. The summed E-state index contributed by atoms with van der Waals surface area (Å²) in [5, 5.41) is 5.10. The quantitative estimate of drug-likeness (QED) is 0.493. The third-order valence-electron chi connectivity index (χ3n) is 4.64. The van der Waals surface area contributed by atoms with Crippen molar-refractivity contribution in [3.63, 3.8) is 0 Å². The van der Waals surface area contributed by atoms with Crippen LogP contribution < -0.4 is 19.3 Å². The van der Waals surface area contributed by atoms with Crippen LogP contribution in [0.5, 0.6) is 11.5 Å². The van der Waals surface area contributed by atoms with E-state index in [1.165, 1.54) is 31.4 Å². The highest BCUT2D eigenvalue weighted by atomic mass is 32.2. The highest BCUT2D eigenvalue weighted by Crippen LogP contribution is 2.24. The molecule has 0 aliphatic carbocycles. The first-order chi connectivity index (χ1) is 15.5. The summed E-state index contributed by atoms with van der Waals surface area (Å²) < 4.78 is 61.7. The SMILES string of the molecule is COc1cc(C(=O)NS(=O)(=O)c2ccccc2S(N)(=O)=O)ccc1COc1ccc(C)cc1. The maximum absolute atomic E-state index is 12.7. The molecule has 0 aliphatic rings. The Morgan fingerprint density at radius 3 is 2.18 bits per heavy atom. The van der Waals surface area contributed by atoms with Crippen molar-refractivity contribution in [2.75, 3.05) is 7.11 Å². The second-order valence-corrected chi connectivity index (χ2v) is 10.2. The van der Waals surface area contributed by atoms with E-state index < -0.39 is 35.7 Å². The van der Waals surface area contributed by atoms with Crippen molar-refractivity contribution in [3.8, 4) is 11.5 Å². The van der Waals surface area contributed by atoms with Gasteiger partial charge in [-0.2, -0.15) is 0 Å². The Kier molecular flexibility index (Phi) is 7.06. The number of hydrogen-bond acceptors (Lipinski definition) is 7. The Bertz CT molecular complexity index is 1380. The molecule has 1 amide bonds. The highest BCUT2D eigenvalue weighted by molar-refractivity contribution is 7.92. The molecular weight excluding hydrogens is 468 g/mol. The molecule has 3 N–H and O–H groups in total. The molecule has 3 rings (SSSR count). The van der Waals surface area contributed by atoms with E-state index in [1.54, 1.807) is 6.07 Å². The lowest BCUT2D eigenvalue weighted by Gasteiger charge is -2.13. The van der Waals surface area contributed by atoms with Crippen molar-refractivity contribution < 1.29 is 31.1 Å². The van der Waals surface area contributed by atoms with Gasteiger partial charge in [-0.1, -0.05) is 35.9 Å².